The van der Waals surface area contributed by atoms with Crippen molar-refractivity contribution >= 4 is 27.5 Å². The van der Waals surface area contributed by atoms with Gasteiger partial charge in [-0.05, 0) is 30.2 Å². The van der Waals surface area contributed by atoms with Crippen molar-refractivity contribution in [2.24, 2.45) is 0 Å². The van der Waals surface area contributed by atoms with Gasteiger partial charge in [0.25, 0.3) is 11.4 Å². The Kier molecular flexibility index (Phi) is 5.49. The lowest BCUT2D eigenvalue weighted by atomic mass is 10.2. The predicted molar refractivity (Wildman–Crippen MR) is 123 cm³/mol. The molecule has 0 aliphatic heterocycles. The largest absolute Gasteiger partial charge is 0.350 e. The molecule has 0 bridgehead atoms. The van der Waals surface area contributed by atoms with Gasteiger partial charge >= 0.3 is 0 Å². The van der Waals surface area contributed by atoms with Crippen molar-refractivity contribution in [2.75, 3.05) is 0 Å². The van der Waals surface area contributed by atoms with Crippen LogP contribution in [0, 0.1) is 6.92 Å². The third-order valence-corrected chi connectivity index (χ3v) is 6.31. The number of pyridine rings is 1. The van der Waals surface area contributed by atoms with Crippen molar-refractivity contribution in [3.05, 3.63) is 82.7 Å². The third-order valence-electron chi connectivity index (χ3n) is 5.12. The number of thiophene rings is 1. The lowest BCUT2D eigenvalue weighted by Crippen LogP contribution is -2.32. The second-order valence-electron chi connectivity index (χ2n) is 7.34. The Morgan fingerprint density at radius 1 is 1.15 bits per heavy atom. The zero-order valence-electron chi connectivity index (χ0n) is 17.6. The molecule has 0 saturated carbocycles. The van der Waals surface area contributed by atoms with E-state index < -0.39 is 0 Å². The highest BCUT2D eigenvalue weighted by molar-refractivity contribution is 7.22. The van der Waals surface area contributed by atoms with E-state index in [9.17, 15) is 9.59 Å². The molecule has 4 heterocycles. The van der Waals surface area contributed by atoms with Gasteiger partial charge in [0.15, 0.2) is 0 Å². The molecule has 0 radical (unpaired) electrons. The van der Waals surface area contributed by atoms with Crippen LogP contribution in [0.2, 0.25) is 0 Å². The lowest BCUT2D eigenvalue weighted by molar-refractivity contribution is -0.121. The Morgan fingerprint density at radius 2 is 1.94 bits per heavy atom. The van der Waals surface area contributed by atoms with E-state index >= 15 is 0 Å². The number of rotatable bonds is 6. The first kappa shape index (κ1) is 20.7. The molecule has 5 aromatic rings. The van der Waals surface area contributed by atoms with Gasteiger partial charge in [0.2, 0.25) is 11.7 Å². The van der Waals surface area contributed by atoms with E-state index in [2.05, 4.69) is 25.4 Å². The number of hydrogen-bond donors (Lipinski definition) is 1. The summed E-state index contributed by atoms with van der Waals surface area (Å²) in [7, 11) is 0. The number of fused-ring (bicyclic) bond motifs is 1. The summed E-state index contributed by atoms with van der Waals surface area (Å²) in [4.78, 5) is 39.6. The van der Waals surface area contributed by atoms with Crippen LogP contribution in [0.1, 0.15) is 11.1 Å². The minimum Gasteiger partial charge on any atom is -0.350 e. The number of hydrogen-bond acceptors (Lipinski definition) is 8. The number of carbonyl (C=O) groups excluding carboxylic acids is 1. The molecular weight excluding hydrogens is 440 g/mol. The number of carbonyl (C=O) groups is 1. The molecule has 1 aromatic carbocycles. The maximum atomic E-state index is 13.1. The van der Waals surface area contributed by atoms with Gasteiger partial charge in [-0.3, -0.25) is 19.1 Å². The summed E-state index contributed by atoms with van der Waals surface area (Å²) in [5, 5.41) is 7.30. The SMILES string of the molecule is Cc1c(-c2nc(-c3ccncc3)no2)sc2ncn(CC(=O)NCc3ccccc3)c(=O)c12. The highest BCUT2D eigenvalue weighted by Crippen LogP contribution is 2.35. The summed E-state index contributed by atoms with van der Waals surface area (Å²) in [5.74, 6) is 0.479. The molecule has 0 atom stereocenters. The quantitative estimate of drug-likeness (QED) is 0.415. The van der Waals surface area contributed by atoms with E-state index in [4.69, 9.17) is 4.52 Å². The van der Waals surface area contributed by atoms with Crippen molar-refractivity contribution in [3.8, 4) is 22.2 Å². The first-order valence-corrected chi connectivity index (χ1v) is 11.0. The first-order chi connectivity index (χ1) is 16.1. The van der Waals surface area contributed by atoms with Crippen molar-refractivity contribution in [2.45, 2.75) is 20.0 Å². The summed E-state index contributed by atoms with van der Waals surface area (Å²) >= 11 is 1.30. The Balaban J connectivity index is 1.40. The number of aromatic nitrogens is 5. The van der Waals surface area contributed by atoms with Gasteiger partial charge in [-0.15, -0.1) is 11.3 Å². The smallest absolute Gasteiger partial charge is 0.268 e. The Morgan fingerprint density at radius 3 is 2.73 bits per heavy atom. The van der Waals surface area contributed by atoms with Gasteiger partial charge in [-0.2, -0.15) is 4.98 Å². The second kappa shape index (κ2) is 8.75. The van der Waals surface area contributed by atoms with Crippen LogP contribution >= 0.6 is 11.3 Å². The molecule has 0 unspecified atom stereocenters. The van der Waals surface area contributed by atoms with E-state index in [1.54, 1.807) is 24.5 Å². The molecule has 164 valence electrons. The number of nitrogens with one attached hydrogen (secondary N) is 1. The maximum absolute atomic E-state index is 13.1. The van der Waals surface area contributed by atoms with E-state index in [1.165, 1.54) is 22.2 Å². The van der Waals surface area contributed by atoms with Gasteiger partial charge in [0.05, 0.1) is 16.6 Å². The number of benzene rings is 1. The van der Waals surface area contributed by atoms with Gasteiger partial charge in [-0.1, -0.05) is 35.5 Å². The van der Waals surface area contributed by atoms with Crippen LogP contribution in [0.4, 0.5) is 0 Å². The van der Waals surface area contributed by atoms with Gasteiger partial charge in [-0.25, -0.2) is 4.98 Å². The van der Waals surface area contributed by atoms with Crippen molar-refractivity contribution in [3.63, 3.8) is 0 Å². The third kappa shape index (κ3) is 4.15. The van der Waals surface area contributed by atoms with Crippen LogP contribution < -0.4 is 10.9 Å². The minimum absolute atomic E-state index is 0.119. The minimum atomic E-state index is -0.288. The molecule has 33 heavy (non-hydrogen) atoms. The van der Waals surface area contributed by atoms with E-state index in [1.807, 2.05) is 37.3 Å². The van der Waals surface area contributed by atoms with Crippen LogP contribution in [-0.4, -0.2) is 30.6 Å². The van der Waals surface area contributed by atoms with Crippen LogP contribution in [0.3, 0.4) is 0 Å². The summed E-state index contributed by atoms with van der Waals surface area (Å²) in [6.45, 7) is 2.09. The van der Waals surface area contributed by atoms with Gasteiger partial charge in [0, 0.05) is 24.5 Å². The topological polar surface area (TPSA) is 116 Å². The summed E-state index contributed by atoms with van der Waals surface area (Å²) in [6, 6.07) is 13.2. The molecule has 1 amide bonds. The molecule has 0 spiro atoms. The molecule has 1 N–H and O–H groups in total. The van der Waals surface area contributed by atoms with Crippen LogP contribution in [0.15, 0.2) is 70.5 Å². The Bertz CT molecular complexity index is 1490. The van der Waals surface area contributed by atoms with Crippen molar-refractivity contribution in [1.29, 1.82) is 0 Å². The fourth-order valence-electron chi connectivity index (χ4n) is 3.42. The summed E-state index contributed by atoms with van der Waals surface area (Å²) in [5.41, 5.74) is 2.16. The molecule has 5 rings (SSSR count). The predicted octanol–water partition coefficient (Wildman–Crippen LogP) is 3.19. The van der Waals surface area contributed by atoms with Crippen molar-refractivity contribution in [1.82, 2.24) is 30.0 Å². The van der Waals surface area contributed by atoms with Crippen LogP contribution in [0.25, 0.3) is 32.4 Å². The summed E-state index contributed by atoms with van der Waals surface area (Å²) < 4.78 is 6.76. The highest BCUT2D eigenvalue weighted by Gasteiger charge is 2.21. The monoisotopic (exact) mass is 458 g/mol. The van der Waals surface area contributed by atoms with E-state index in [0.29, 0.717) is 38.9 Å². The fourth-order valence-corrected chi connectivity index (χ4v) is 4.48. The average molecular weight is 459 g/mol. The molecule has 0 fully saturated rings. The van der Waals surface area contributed by atoms with Crippen molar-refractivity contribution < 1.29 is 9.32 Å². The first-order valence-electron chi connectivity index (χ1n) is 10.1. The molecule has 10 heteroatoms. The molecular formula is C23H18N6O3S. The maximum Gasteiger partial charge on any atom is 0.268 e. The van der Waals surface area contributed by atoms with Crippen LogP contribution in [0.5, 0.6) is 0 Å². The van der Waals surface area contributed by atoms with E-state index in [0.717, 1.165) is 11.1 Å². The normalized spacial score (nSPS) is 11.1. The van der Waals surface area contributed by atoms with Gasteiger partial charge < -0.3 is 9.84 Å². The van der Waals surface area contributed by atoms with Gasteiger partial charge in [0.1, 0.15) is 11.4 Å². The molecule has 4 aromatic heterocycles. The van der Waals surface area contributed by atoms with E-state index in [-0.39, 0.29) is 18.0 Å². The molecule has 9 nitrogen and oxygen atoms in total. The number of nitrogens with zero attached hydrogens (tertiary/aromatic N) is 5. The zero-order valence-corrected chi connectivity index (χ0v) is 18.4. The number of amides is 1. The average Bonchev–Trinajstić information content (AvgIpc) is 3.46. The fraction of sp³-hybridized carbons (Fsp3) is 0.130. The van der Waals surface area contributed by atoms with Crippen LogP contribution in [-0.2, 0) is 17.9 Å². The Hall–Kier alpha value is -4.18. The lowest BCUT2D eigenvalue weighted by Gasteiger charge is -2.07. The molecule has 0 aliphatic rings. The molecule has 0 saturated heterocycles. The zero-order chi connectivity index (χ0) is 22.8. The highest BCUT2D eigenvalue weighted by atomic mass is 32.1. The standard InChI is InChI=1S/C23H18N6O3S/c1-14-18-22(33-19(14)21-27-20(28-32-21)16-7-9-24-10-8-16)26-13-29(23(18)31)12-17(30)25-11-15-5-3-2-4-6-15/h2-10,13H,11-12H2,1H3,(H,25,30). The summed E-state index contributed by atoms with van der Waals surface area (Å²) in [6.07, 6.45) is 4.69. The molecule has 0 aliphatic carbocycles. The Labute approximate surface area is 191 Å². The number of aryl methyl sites for hydroxylation is 1. The second-order valence-corrected chi connectivity index (χ2v) is 8.33.